The van der Waals surface area contributed by atoms with Crippen molar-refractivity contribution in [1.29, 1.82) is 0 Å². The summed E-state index contributed by atoms with van der Waals surface area (Å²) in [5.74, 6) is -1.58. The number of esters is 1. The van der Waals surface area contributed by atoms with Crippen LogP contribution in [0.5, 0.6) is 0 Å². The van der Waals surface area contributed by atoms with Crippen molar-refractivity contribution in [3.05, 3.63) is 35.4 Å². The molecule has 0 saturated carbocycles. The summed E-state index contributed by atoms with van der Waals surface area (Å²) in [6.07, 6.45) is 1.31. The Morgan fingerprint density at radius 1 is 1.14 bits per heavy atom. The average Bonchev–Trinajstić information content (AvgIpc) is 2.55. The topological polar surface area (TPSA) is 69.7 Å². The summed E-state index contributed by atoms with van der Waals surface area (Å²) in [5.41, 5.74) is 1.02. The average molecular weight is 304 g/mol. The molecule has 1 fully saturated rings. The van der Waals surface area contributed by atoms with Gasteiger partial charge in [0.15, 0.2) is 5.78 Å². The van der Waals surface area contributed by atoms with Gasteiger partial charge < -0.3 is 9.47 Å². The first kappa shape index (κ1) is 16.4. The van der Waals surface area contributed by atoms with Crippen LogP contribution in [0.25, 0.3) is 0 Å². The number of hydrogen-bond acceptors (Lipinski definition) is 5. The van der Waals surface area contributed by atoms with Crippen molar-refractivity contribution in [1.82, 2.24) is 0 Å². The first-order chi connectivity index (χ1) is 10.5. The molecule has 0 bridgehead atoms. The summed E-state index contributed by atoms with van der Waals surface area (Å²) in [7, 11) is 1.31. The molecule has 1 aliphatic rings. The summed E-state index contributed by atoms with van der Waals surface area (Å²) in [6.45, 7) is 2.54. The van der Waals surface area contributed by atoms with Gasteiger partial charge in [-0.1, -0.05) is 12.1 Å². The Kier molecular flexibility index (Phi) is 5.44. The lowest BCUT2D eigenvalue weighted by molar-refractivity contribution is -0.132. The molecular formula is C17H20O5. The summed E-state index contributed by atoms with van der Waals surface area (Å²) in [5, 5.41) is 0. The molecule has 0 radical (unpaired) electrons. The Balaban J connectivity index is 2.22. The zero-order chi connectivity index (χ0) is 16.1. The second-order valence-electron chi connectivity index (χ2n) is 5.45. The molecule has 1 atom stereocenters. The number of ketones is 2. The summed E-state index contributed by atoms with van der Waals surface area (Å²) in [6, 6.07) is 6.45. The van der Waals surface area contributed by atoms with Gasteiger partial charge in [-0.05, 0) is 37.5 Å². The number of methoxy groups -OCH3 is 1. The Bertz CT molecular complexity index is 555. The number of ether oxygens (including phenoxy) is 2. The highest BCUT2D eigenvalue weighted by Gasteiger charge is 2.32. The first-order valence-corrected chi connectivity index (χ1v) is 7.34. The monoisotopic (exact) mass is 304 g/mol. The lowest BCUT2D eigenvalue weighted by Gasteiger charge is -2.24. The fourth-order valence-corrected chi connectivity index (χ4v) is 2.75. The van der Waals surface area contributed by atoms with Crippen LogP contribution in [-0.4, -0.2) is 37.9 Å². The summed E-state index contributed by atoms with van der Waals surface area (Å²) >= 11 is 0. The van der Waals surface area contributed by atoms with Crippen molar-refractivity contribution in [3.8, 4) is 0 Å². The van der Waals surface area contributed by atoms with Gasteiger partial charge in [-0.15, -0.1) is 0 Å². The Labute approximate surface area is 129 Å². The number of rotatable bonds is 5. The Morgan fingerprint density at radius 2 is 1.73 bits per heavy atom. The highest BCUT2D eigenvalue weighted by atomic mass is 16.5. The highest BCUT2D eigenvalue weighted by molar-refractivity contribution is 6.07. The molecule has 0 aromatic heterocycles. The molecule has 22 heavy (non-hydrogen) atoms. The minimum absolute atomic E-state index is 0.0541. The molecule has 1 aliphatic heterocycles. The van der Waals surface area contributed by atoms with Crippen LogP contribution in [0, 0.1) is 5.92 Å². The zero-order valence-electron chi connectivity index (χ0n) is 12.8. The zero-order valence-corrected chi connectivity index (χ0v) is 12.8. The molecule has 2 rings (SSSR count). The molecule has 0 spiro atoms. The van der Waals surface area contributed by atoms with Gasteiger partial charge in [-0.25, -0.2) is 4.79 Å². The lowest BCUT2D eigenvalue weighted by Crippen LogP contribution is -2.31. The SMILES string of the molecule is COC(=O)c1ccc(C(C(C)=O)C(=O)C2CCOCC2)cc1. The van der Waals surface area contributed by atoms with Crippen molar-refractivity contribution in [2.75, 3.05) is 20.3 Å². The smallest absolute Gasteiger partial charge is 0.337 e. The molecule has 0 amide bonds. The third-order valence-corrected chi connectivity index (χ3v) is 3.98. The lowest BCUT2D eigenvalue weighted by atomic mass is 9.81. The van der Waals surface area contributed by atoms with Crippen LogP contribution >= 0.6 is 0 Å². The van der Waals surface area contributed by atoms with Gasteiger partial charge >= 0.3 is 5.97 Å². The molecule has 5 heteroatoms. The van der Waals surface area contributed by atoms with Crippen molar-refractivity contribution in [3.63, 3.8) is 0 Å². The third-order valence-electron chi connectivity index (χ3n) is 3.98. The van der Waals surface area contributed by atoms with E-state index in [4.69, 9.17) is 4.74 Å². The van der Waals surface area contributed by atoms with Crippen molar-refractivity contribution in [2.24, 2.45) is 5.92 Å². The van der Waals surface area contributed by atoms with E-state index < -0.39 is 11.9 Å². The van der Waals surface area contributed by atoms with Crippen LogP contribution in [0.4, 0.5) is 0 Å². The van der Waals surface area contributed by atoms with Crippen LogP contribution in [0.1, 0.15) is 41.6 Å². The third kappa shape index (κ3) is 3.60. The van der Waals surface area contributed by atoms with Gasteiger partial charge in [0.05, 0.1) is 12.7 Å². The van der Waals surface area contributed by atoms with Crippen LogP contribution in [-0.2, 0) is 19.1 Å². The van der Waals surface area contributed by atoms with E-state index in [1.54, 1.807) is 24.3 Å². The molecule has 0 aliphatic carbocycles. The van der Waals surface area contributed by atoms with Crippen LogP contribution in [0.3, 0.4) is 0 Å². The predicted molar refractivity (Wildman–Crippen MR) is 79.8 cm³/mol. The highest BCUT2D eigenvalue weighted by Crippen LogP contribution is 2.27. The molecule has 1 saturated heterocycles. The Morgan fingerprint density at radius 3 is 2.23 bits per heavy atom. The molecule has 1 aromatic rings. The maximum atomic E-state index is 12.6. The molecule has 1 unspecified atom stereocenters. The van der Waals surface area contributed by atoms with E-state index in [1.165, 1.54) is 14.0 Å². The predicted octanol–water partition coefficient (Wildman–Crippen LogP) is 2.14. The number of carbonyl (C=O) groups is 3. The van der Waals surface area contributed by atoms with Crippen molar-refractivity contribution < 1.29 is 23.9 Å². The maximum absolute atomic E-state index is 12.6. The Hall–Kier alpha value is -2.01. The minimum atomic E-state index is -0.769. The quantitative estimate of drug-likeness (QED) is 0.616. The van der Waals surface area contributed by atoms with Gasteiger partial charge in [-0.3, -0.25) is 9.59 Å². The molecule has 0 N–H and O–H groups in total. The summed E-state index contributed by atoms with van der Waals surface area (Å²) < 4.78 is 9.90. The second-order valence-corrected chi connectivity index (χ2v) is 5.45. The molecular weight excluding hydrogens is 284 g/mol. The summed E-state index contributed by atoms with van der Waals surface area (Å²) in [4.78, 5) is 36.0. The maximum Gasteiger partial charge on any atom is 0.337 e. The number of Topliss-reactive ketones (excluding diaryl/α,β-unsaturated/α-hetero) is 2. The standard InChI is InChI=1S/C17H20O5/c1-11(18)15(16(19)13-7-9-22-10-8-13)12-3-5-14(6-4-12)17(20)21-2/h3-6,13,15H,7-10H2,1-2H3. The molecule has 118 valence electrons. The number of benzene rings is 1. The largest absolute Gasteiger partial charge is 0.465 e. The van der Waals surface area contributed by atoms with Crippen LogP contribution < -0.4 is 0 Å². The van der Waals surface area contributed by atoms with E-state index in [0.717, 1.165) is 0 Å². The van der Waals surface area contributed by atoms with Gasteiger partial charge in [0.2, 0.25) is 0 Å². The van der Waals surface area contributed by atoms with E-state index >= 15 is 0 Å². The van der Waals surface area contributed by atoms with Crippen LogP contribution in [0.2, 0.25) is 0 Å². The van der Waals surface area contributed by atoms with Gasteiger partial charge in [0, 0.05) is 19.1 Å². The van der Waals surface area contributed by atoms with E-state index in [2.05, 4.69) is 4.74 Å². The van der Waals surface area contributed by atoms with Crippen molar-refractivity contribution >= 4 is 17.5 Å². The molecule has 5 nitrogen and oxygen atoms in total. The van der Waals surface area contributed by atoms with Gasteiger partial charge in [0.1, 0.15) is 11.7 Å². The van der Waals surface area contributed by atoms with E-state index in [-0.39, 0.29) is 17.5 Å². The molecule has 1 aromatic carbocycles. The number of hydrogen-bond donors (Lipinski definition) is 0. The second kappa shape index (κ2) is 7.31. The van der Waals surface area contributed by atoms with Gasteiger partial charge in [-0.2, -0.15) is 0 Å². The fraction of sp³-hybridized carbons (Fsp3) is 0.471. The normalized spacial score (nSPS) is 16.8. The van der Waals surface area contributed by atoms with Gasteiger partial charge in [0.25, 0.3) is 0 Å². The van der Waals surface area contributed by atoms with E-state index in [1.807, 2.05) is 0 Å². The fourth-order valence-electron chi connectivity index (χ4n) is 2.75. The van der Waals surface area contributed by atoms with E-state index in [0.29, 0.717) is 37.2 Å². The van der Waals surface area contributed by atoms with Crippen molar-refractivity contribution in [2.45, 2.75) is 25.7 Å². The molecule has 1 heterocycles. The minimum Gasteiger partial charge on any atom is -0.465 e. The number of carbonyl (C=O) groups excluding carboxylic acids is 3. The van der Waals surface area contributed by atoms with E-state index in [9.17, 15) is 14.4 Å². The first-order valence-electron chi connectivity index (χ1n) is 7.34. The van der Waals surface area contributed by atoms with Crippen LogP contribution in [0.15, 0.2) is 24.3 Å².